The topological polar surface area (TPSA) is 78.1 Å². The van der Waals surface area contributed by atoms with Crippen LogP contribution in [0.1, 0.15) is 6.92 Å². The van der Waals surface area contributed by atoms with Crippen LogP contribution >= 0.6 is 12.4 Å². The third kappa shape index (κ3) is 2.54. The van der Waals surface area contributed by atoms with Gasteiger partial charge in [-0.05, 0) is 6.92 Å². The largest absolute Gasteiger partial charge is 0.335 e. The monoisotopic (exact) mass is 266 g/mol. The molecule has 1 aliphatic heterocycles. The van der Waals surface area contributed by atoms with Crippen molar-refractivity contribution in [3.63, 3.8) is 0 Å². The summed E-state index contributed by atoms with van der Waals surface area (Å²) in [5.74, 6) is 0. The summed E-state index contributed by atoms with van der Waals surface area (Å²) < 4.78 is 25.5. The number of hydrogen-bond donors (Lipinski definition) is 2. The molecule has 16 heavy (non-hydrogen) atoms. The third-order valence-corrected chi connectivity index (χ3v) is 4.21. The minimum Gasteiger partial charge on any atom is -0.335 e. The Hall–Kier alpha value is -0.630. The van der Waals surface area contributed by atoms with Gasteiger partial charge in [-0.1, -0.05) is 0 Å². The fourth-order valence-electron chi connectivity index (χ4n) is 1.64. The van der Waals surface area contributed by atoms with Gasteiger partial charge in [0.15, 0.2) is 5.03 Å². The normalized spacial score (nSPS) is 22.7. The zero-order valence-corrected chi connectivity index (χ0v) is 10.5. The summed E-state index contributed by atoms with van der Waals surface area (Å²) in [6.45, 7) is 3.66. The Bertz CT molecular complexity index is 419. The Kier molecular flexibility index (Phi) is 4.31. The molecule has 0 radical (unpaired) electrons. The molecule has 2 heterocycles. The van der Waals surface area contributed by atoms with E-state index >= 15 is 0 Å². The quantitative estimate of drug-likeness (QED) is 0.778. The van der Waals surface area contributed by atoms with E-state index in [9.17, 15) is 8.42 Å². The van der Waals surface area contributed by atoms with Crippen molar-refractivity contribution in [2.24, 2.45) is 0 Å². The molecular formula is C8H15ClN4O2S. The van der Waals surface area contributed by atoms with E-state index < -0.39 is 10.0 Å². The lowest BCUT2D eigenvalue weighted by Gasteiger charge is -2.30. The number of halogens is 1. The van der Waals surface area contributed by atoms with Gasteiger partial charge < -0.3 is 10.3 Å². The van der Waals surface area contributed by atoms with Gasteiger partial charge in [0.25, 0.3) is 10.0 Å². The van der Waals surface area contributed by atoms with Crippen LogP contribution < -0.4 is 5.32 Å². The van der Waals surface area contributed by atoms with Crippen molar-refractivity contribution in [1.82, 2.24) is 19.6 Å². The molecule has 1 aromatic heterocycles. The van der Waals surface area contributed by atoms with Crippen LogP contribution in [0.25, 0.3) is 0 Å². The Morgan fingerprint density at radius 1 is 1.56 bits per heavy atom. The first-order valence-electron chi connectivity index (χ1n) is 4.82. The van der Waals surface area contributed by atoms with Gasteiger partial charge in [-0.15, -0.1) is 12.4 Å². The first-order valence-corrected chi connectivity index (χ1v) is 6.26. The summed E-state index contributed by atoms with van der Waals surface area (Å²) in [5, 5.41) is 3.36. The second-order valence-electron chi connectivity index (χ2n) is 3.63. The van der Waals surface area contributed by atoms with Crippen molar-refractivity contribution < 1.29 is 8.42 Å². The van der Waals surface area contributed by atoms with Crippen LogP contribution in [0.3, 0.4) is 0 Å². The van der Waals surface area contributed by atoms with Crippen LogP contribution in [-0.4, -0.2) is 48.4 Å². The van der Waals surface area contributed by atoms with E-state index in [1.54, 1.807) is 0 Å². The van der Waals surface area contributed by atoms with Crippen LogP contribution in [0.5, 0.6) is 0 Å². The second kappa shape index (κ2) is 5.13. The van der Waals surface area contributed by atoms with Crippen molar-refractivity contribution in [3.8, 4) is 0 Å². The van der Waals surface area contributed by atoms with Crippen LogP contribution in [0.2, 0.25) is 0 Å². The molecule has 92 valence electrons. The van der Waals surface area contributed by atoms with E-state index in [0.717, 1.165) is 0 Å². The van der Waals surface area contributed by atoms with Gasteiger partial charge in [0, 0.05) is 25.7 Å². The summed E-state index contributed by atoms with van der Waals surface area (Å²) in [4.78, 5) is 6.35. The predicted octanol–water partition coefficient (Wildman–Crippen LogP) is -0.186. The van der Waals surface area contributed by atoms with Gasteiger partial charge in [0.05, 0.1) is 12.5 Å². The van der Waals surface area contributed by atoms with Gasteiger partial charge >= 0.3 is 0 Å². The van der Waals surface area contributed by atoms with Gasteiger partial charge in [-0.2, -0.15) is 4.31 Å². The molecule has 0 saturated carbocycles. The SMILES string of the molecule is C[C@H]1CN(S(=O)(=O)c2cnc[nH]2)CCN1.Cl. The zero-order valence-electron chi connectivity index (χ0n) is 8.88. The summed E-state index contributed by atoms with van der Waals surface area (Å²) in [6, 6.07) is 0.191. The van der Waals surface area contributed by atoms with Crippen LogP contribution in [0.15, 0.2) is 17.6 Å². The Morgan fingerprint density at radius 2 is 2.31 bits per heavy atom. The fraction of sp³-hybridized carbons (Fsp3) is 0.625. The van der Waals surface area contributed by atoms with E-state index in [2.05, 4.69) is 15.3 Å². The molecule has 1 saturated heterocycles. The lowest BCUT2D eigenvalue weighted by atomic mass is 10.3. The summed E-state index contributed by atoms with van der Waals surface area (Å²) in [5.41, 5.74) is 0. The van der Waals surface area contributed by atoms with E-state index in [0.29, 0.717) is 19.6 Å². The molecule has 1 aromatic rings. The minimum atomic E-state index is -3.38. The predicted molar refractivity (Wildman–Crippen MR) is 62.1 cm³/mol. The summed E-state index contributed by atoms with van der Waals surface area (Å²) in [7, 11) is -3.38. The highest BCUT2D eigenvalue weighted by Gasteiger charge is 2.29. The standard InChI is InChI=1S/C8H14N4O2S.ClH/c1-7-5-12(3-2-10-7)15(13,14)8-4-9-6-11-8;/h4,6-7,10H,2-3,5H2,1H3,(H,9,11);1H/t7-;/m0./s1. The average molecular weight is 267 g/mol. The van der Waals surface area contributed by atoms with E-state index in [1.165, 1.54) is 16.8 Å². The number of hydrogen-bond acceptors (Lipinski definition) is 4. The van der Waals surface area contributed by atoms with Gasteiger partial charge in [-0.25, -0.2) is 13.4 Å². The molecule has 8 heteroatoms. The van der Waals surface area contributed by atoms with Crippen molar-refractivity contribution >= 4 is 22.4 Å². The maximum Gasteiger partial charge on any atom is 0.260 e. The number of H-pyrrole nitrogens is 1. The number of aromatic nitrogens is 2. The van der Waals surface area contributed by atoms with Crippen molar-refractivity contribution in [1.29, 1.82) is 0 Å². The molecule has 2 rings (SSSR count). The molecule has 1 aliphatic rings. The number of sulfonamides is 1. The van der Waals surface area contributed by atoms with Crippen molar-refractivity contribution in [3.05, 3.63) is 12.5 Å². The number of rotatable bonds is 2. The molecule has 0 amide bonds. The summed E-state index contributed by atoms with van der Waals surface area (Å²) >= 11 is 0. The Morgan fingerprint density at radius 3 is 2.88 bits per heavy atom. The molecule has 6 nitrogen and oxygen atoms in total. The molecular weight excluding hydrogens is 252 g/mol. The van der Waals surface area contributed by atoms with Crippen LogP contribution in [-0.2, 0) is 10.0 Å². The molecule has 0 aromatic carbocycles. The summed E-state index contributed by atoms with van der Waals surface area (Å²) in [6.07, 6.45) is 2.71. The lowest BCUT2D eigenvalue weighted by Crippen LogP contribution is -2.51. The first kappa shape index (κ1) is 13.4. The van der Waals surface area contributed by atoms with E-state index in [-0.39, 0.29) is 23.5 Å². The first-order chi connectivity index (χ1) is 7.10. The van der Waals surface area contributed by atoms with Crippen LogP contribution in [0, 0.1) is 0 Å². The Labute approximate surface area is 101 Å². The Balaban J connectivity index is 0.00000128. The van der Waals surface area contributed by atoms with Crippen molar-refractivity contribution in [2.75, 3.05) is 19.6 Å². The van der Waals surface area contributed by atoms with E-state index in [1.807, 2.05) is 6.92 Å². The minimum absolute atomic E-state index is 0. The number of nitrogens with one attached hydrogen (secondary N) is 2. The lowest BCUT2D eigenvalue weighted by molar-refractivity contribution is 0.309. The number of imidazole rings is 1. The van der Waals surface area contributed by atoms with Gasteiger partial charge in [-0.3, -0.25) is 0 Å². The molecule has 0 aliphatic carbocycles. The third-order valence-electron chi connectivity index (χ3n) is 2.42. The van der Waals surface area contributed by atoms with Gasteiger partial charge in [0.1, 0.15) is 0 Å². The number of piperazine rings is 1. The van der Waals surface area contributed by atoms with Crippen molar-refractivity contribution in [2.45, 2.75) is 18.0 Å². The molecule has 0 bridgehead atoms. The highest BCUT2D eigenvalue weighted by Crippen LogP contribution is 2.13. The fourth-order valence-corrected chi connectivity index (χ4v) is 3.06. The number of aromatic amines is 1. The average Bonchev–Trinajstić information content (AvgIpc) is 2.71. The molecule has 0 unspecified atom stereocenters. The number of nitrogens with zero attached hydrogens (tertiary/aromatic N) is 2. The molecule has 1 fully saturated rings. The maximum atomic E-state index is 12.0. The molecule has 2 N–H and O–H groups in total. The smallest absolute Gasteiger partial charge is 0.260 e. The molecule has 0 spiro atoms. The molecule has 1 atom stereocenters. The second-order valence-corrected chi connectivity index (χ2v) is 5.54. The zero-order chi connectivity index (χ0) is 10.9. The van der Waals surface area contributed by atoms with Crippen LogP contribution in [0.4, 0.5) is 0 Å². The van der Waals surface area contributed by atoms with E-state index in [4.69, 9.17) is 0 Å². The highest BCUT2D eigenvalue weighted by atomic mass is 35.5. The van der Waals surface area contributed by atoms with Gasteiger partial charge in [0.2, 0.25) is 0 Å². The maximum absolute atomic E-state index is 12.0. The highest BCUT2D eigenvalue weighted by molar-refractivity contribution is 7.89.